The Morgan fingerprint density at radius 2 is 1.78 bits per heavy atom. The van der Waals surface area contributed by atoms with Crippen LogP contribution in [-0.2, 0) is 6.54 Å². The molecule has 0 aliphatic carbocycles. The number of nitrogens with one attached hydrogen (secondary N) is 1. The van der Waals surface area contributed by atoms with Crippen molar-refractivity contribution in [2.45, 2.75) is 38.4 Å². The summed E-state index contributed by atoms with van der Waals surface area (Å²) >= 11 is 0. The normalized spacial score (nSPS) is 24.7. The molecule has 1 N–H and O–H groups in total. The zero-order valence-corrected chi connectivity index (χ0v) is 18.5. The van der Waals surface area contributed by atoms with Crippen LogP contribution < -0.4 is 5.32 Å². The van der Waals surface area contributed by atoms with Crippen LogP contribution in [-0.4, -0.2) is 44.8 Å². The van der Waals surface area contributed by atoms with Gasteiger partial charge in [-0.2, -0.15) is 0 Å². The molecule has 162 valence electrons. The van der Waals surface area contributed by atoms with E-state index in [0.717, 1.165) is 29.5 Å². The first-order valence-corrected chi connectivity index (χ1v) is 11.7. The minimum Gasteiger partial charge on any atom is -0.364 e. The lowest BCUT2D eigenvalue weighted by molar-refractivity contribution is 0.0457. The fourth-order valence-electron chi connectivity index (χ4n) is 5.56. The summed E-state index contributed by atoms with van der Waals surface area (Å²) in [6.45, 7) is 5.69. The smallest absolute Gasteiger partial charge is 0.148 e. The molecular formula is C27H29N5. The average Bonchev–Trinajstić information content (AvgIpc) is 3.24. The molecular weight excluding hydrogens is 394 g/mol. The van der Waals surface area contributed by atoms with E-state index in [1.807, 2.05) is 0 Å². The van der Waals surface area contributed by atoms with Crippen molar-refractivity contribution in [2.75, 3.05) is 18.4 Å². The van der Waals surface area contributed by atoms with Gasteiger partial charge in [0.05, 0.1) is 5.69 Å². The number of fused-ring (bicyclic) bond motifs is 4. The zero-order valence-electron chi connectivity index (χ0n) is 18.5. The van der Waals surface area contributed by atoms with Gasteiger partial charge in [0, 0.05) is 41.3 Å². The first-order chi connectivity index (χ1) is 15.7. The molecule has 32 heavy (non-hydrogen) atoms. The third kappa shape index (κ3) is 3.56. The molecule has 3 aliphatic heterocycles. The van der Waals surface area contributed by atoms with Crippen LogP contribution >= 0.6 is 0 Å². The number of rotatable bonds is 5. The Morgan fingerprint density at radius 3 is 2.53 bits per heavy atom. The van der Waals surface area contributed by atoms with Crippen molar-refractivity contribution in [1.29, 1.82) is 0 Å². The van der Waals surface area contributed by atoms with Gasteiger partial charge in [0.25, 0.3) is 0 Å². The van der Waals surface area contributed by atoms with Crippen LogP contribution in [0.3, 0.4) is 0 Å². The van der Waals surface area contributed by atoms with E-state index in [9.17, 15) is 0 Å². The van der Waals surface area contributed by atoms with Crippen LogP contribution in [0.2, 0.25) is 0 Å². The van der Waals surface area contributed by atoms with Gasteiger partial charge in [-0.25, -0.2) is 0 Å². The summed E-state index contributed by atoms with van der Waals surface area (Å²) in [5.41, 5.74) is 4.56. The second-order valence-corrected chi connectivity index (χ2v) is 9.29. The Hall–Kier alpha value is -3.18. The van der Waals surface area contributed by atoms with Crippen LogP contribution in [0.25, 0.3) is 22.2 Å². The van der Waals surface area contributed by atoms with Crippen LogP contribution in [0, 0.1) is 5.92 Å². The monoisotopic (exact) mass is 423 g/mol. The summed E-state index contributed by atoms with van der Waals surface area (Å²) in [6.07, 6.45) is 4.74. The van der Waals surface area contributed by atoms with Gasteiger partial charge in [-0.3, -0.25) is 4.90 Å². The topological polar surface area (TPSA) is 46.0 Å². The molecule has 0 spiro atoms. The van der Waals surface area contributed by atoms with Gasteiger partial charge < -0.3 is 9.88 Å². The fourth-order valence-corrected chi connectivity index (χ4v) is 5.56. The number of hydrogen-bond donors (Lipinski definition) is 1. The second-order valence-electron chi connectivity index (χ2n) is 9.29. The molecule has 2 unspecified atom stereocenters. The maximum atomic E-state index is 4.55. The molecule has 2 aromatic carbocycles. The van der Waals surface area contributed by atoms with Gasteiger partial charge in [0.2, 0.25) is 0 Å². The molecule has 2 atom stereocenters. The lowest BCUT2D eigenvalue weighted by atomic mass is 9.79. The first kappa shape index (κ1) is 19.5. The second kappa shape index (κ2) is 8.06. The summed E-state index contributed by atoms with van der Waals surface area (Å²) in [6, 6.07) is 24.5. The van der Waals surface area contributed by atoms with E-state index in [1.54, 1.807) is 0 Å². The van der Waals surface area contributed by atoms with Crippen molar-refractivity contribution in [3.8, 4) is 11.3 Å². The quantitative estimate of drug-likeness (QED) is 0.488. The predicted molar refractivity (Wildman–Crippen MR) is 130 cm³/mol. The molecule has 3 aliphatic rings. The molecule has 0 saturated carbocycles. The lowest BCUT2D eigenvalue weighted by Gasteiger charge is -2.50. The Kier molecular flexibility index (Phi) is 4.91. The van der Waals surface area contributed by atoms with Crippen LogP contribution in [0.1, 0.15) is 25.3 Å². The van der Waals surface area contributed by atoms with Gasteiger partial charge in [-0.15, -0.1) is 10.2 Å². The first-order valence-electron chi connectivity index (χ1n) is 11.7. The SMILES string of the molecule is CC1C(Nc2ccc(-c3ccc4c(ccn4Cc4ccccc4)c3)nn2)C2CCN1CC2. The number of hydrogen-bond acceptors (Lipinski definition) is 4. The molecule has 5 heteroatoms. The van der Waals surface area contributed by atoms with Crippen molar-refractivity contribution in [3.63, 3.8) is 0 Å². The van der Waals surface area contributed by atoms with Crippen molar-refractivity contribution < 1.29 is 0 Å². The third-order valence-electron chi connectivity index (χ3n) is 7.42. The average molecular weight is 424 g/mol. The van der Waals surface area contributed by atoms with E-state index in [2.05, 4.69) is 105 Å². The highest BCUT2D eigenvalue weighted by Gasteiger charge is 2.39. The van der Waals surface area contributed by atoms with E-state index in [0.29, 0.717) is 12.1 Å². The van der Waals surface area contributed by atoms with Crippen molar-refractivity contribution >= 4 is 16.7 Å². The largest absolute Gasteiger partial charge is 0.364 e. The summed E-state index contributed by atoms with van der Waals surface area (Å²) in [7, 11) is 0. The number of aromatic nitrogens is 3. The molecule has 5 heterocycles. The summed E-state index contributed by atoms with van der Waals surface area (Å²) in [5, 5.41) is 14.0. The van der Waals surface area contributed by atoms with Gasteiger partial charge in [-0.1, -0.05) is 36.4 Å². The molecule has 0 radical (unpaired) electrons. The molecule has 4 aromatic rings. The summed E-state index contributed by atoms with van der Waals surface area (Å²) < 4.78 is 2.29. The van der Waals surface area contributed by atoms with Crippen molar-refractivity contribution in [1.82, 2.24) is 19.7 Å². The molecule has 7 rings (SSSR count). The number of anilines is 1. The van der Waals surface area contributed by atoms with E-state index in [1.165, 1.54) is 42.4 Å². The Morgan fingerprint density at radius 1 is 0.938 bits per heavy atom. The minimum absolute atomic E-state index is 0.471. The number of benzene rings is 2. The Labute approximate surface area is 189 Å². The minimum atomic E-state index is 0.471. The predicted octanol–water partition coefficient (Wildman–Crippen LogP) is 5.04. The molecule has 5 nitrogen and oxygen atoms in total. The summed E-state index contributed by atoms with van der Waals surface area (Å²) in [5.74, 6) is 1.63. The lowest BCUT2D eigenvalue weighted by Crippen LogP contribution is -2.59. The van der Waals surface area contributed by atoms with Crippen molar-refractivity contribution in [2.24, 2.45) is 5.92 Å². The van der Waals surface area contributed by atoms with E-state index in [-0.39, 0.29) is 0 Å². The van der Waals surface area contributed by atoms with E-state index < -0.39 is 0 Å². The third-order valence-corrected chi connectivity index (χ3v) is 7.42. The fraction of sp³-hybridized carbons (Fsp3) is 0.333. The van der Waals surface area contributed by atoms with E-state index >= 15 is 0 Å². The van der Waals surface area contributed by atoms with E-state index in [4.69, 9.17) is 0 Å². The zero-order chi connectivity index (χ0) is 21.5. The highest BCUT2D eigenvalue weighted by atomic mass is 15.2. The summed E-state index contributed by atoms with van der Waals surface area (Å²) in [4.78, 5) is 2.60. The van der Waals surface area contributed by atoms with Crippen LogP contribution in [0.4, 0.5) is 5.82 Å². The Balaban J connectivity index is 1.20. The van der Waals surface area contributed by atoms with Gasteiger partial charge in [0.15, 0.2) is 0 Å². The van der Waals surface area contributed by atoms with Crippen LogP contribution in [0.5, 0.6) is 0 Å². The number of piperidine rings is 3. The van der Waals surface area contributed by atoms with Crippen molar-refractivity contribution in [3.05, 3.63) is 78.5 Å². The molecule has 2 aromatic heterocycles. The highest BCUT2D eigenvalue weighted by Crippen LogP contribution is 2.34. The highest BCUT2D eigenvalue weighted by molar-refractivity contribution is 5.85. The maximum Gasteiger partial charge on any atom is 0.148 e. The van der Waals surface area contributed by atoms with Crippen LogP contribution in [0.15, 0.2) is 72.9 Å². The molecule has 3 fully saturated rings. The Bertz CT molecular complexity index is 1200. The standard InChI is InChI=1S/C27H29N5/c1-19-27(21-11-14-31(19)15-12-21)28-26-10-8-24(29-30-26)22-7-9-25-23(17-22)13-16-32(25)18-20-5-3-2-4-6-20/h2-10,13,16-17,19,21,27H,11-12,14-15,18H2,1H3,(H,28,30). The molecule has 0 amide bonds. The van der Waals surface area contributed by atoms with Gasteiger partial charge in [-0.05, 0) is 74.7 Å². The van der Waals surface area contributed by atoms with Gasteiger partial charge >= 0.3 is 0 Å². The molecule has 3 saturated heterocycles. The van der Waals surface area contributed by atoms with Gasteiger partial charge in [0.1, 0.15) is 5.82 Å². The number of nitrogens with zero attached hydrogens (tertiary/aromatic N) is 4. The maximum absolute atomic E-state index is 4.55. The molecule has 2 bridgehead atoms.